The first-order chi connectivity index (χ1) is 13.8. The molecule has 1 heterocycles. The maximum atomic E-state index is 13.8. The van der Waals surface area contributed by atoms with Crippen molar-refractivity contribution < 1.29 is 14.5 Å². The summed E-state index contributed by atoms with van der Waals surface area (Å²) in [6, 6.07) is 18.7. The molecule has 0 bridgehead atoms. The zero-order valence-corrected chi connectivity index (χ0v) is 17.8. The van der Waals surface area contributed by atoms with Crippen molar-refractivity contribution in [1.29, 1.82) is 0 Å². The first-order valence-corrected chi connectivity index (χ1v) is 10.4. The minimum atomic E-state index is -1.18. The second-order valence-corrected chi connectivity index (χ2v) is 8.75. The van der Waals surface area contributed by atoms with E-state index in [1.54, 1.807) is 0 Å². The highest BCUT2D eigenvalue weighted by molar-refractivity contribution is 6.09. The smallest absolute Gasteiger partial charge is 0.317 e. The number of carbonyl (C=O) groups excluding carboxylic acids is 2. The SMILES string of the molecule is CC(C)C[NH+](CC(C)C)CN1C(=O)NC(c2ccccc2)(c2ccccc2)C1=O. The Morgan fingerprint density at radius 2 is 1.28 bits per heavy atom. The zero-order chi connectivity index (χ0) is 21.0. The number of rotatable bonds is 8. The van der Waals surface area contributed by atoms with Gasteiger partial charge < -0.3 is 10.2 Å². The maximum Gasteiger partial charge on any atom is 0.330 e. The molecule has 5 heteroatoms. The quantitative estimate of drug-likeness (QED) is 0.677. The van der Waals surface area contributed by atoms with Crippen LogP contribution in [0.15, 0.2) is 60.7 Å². The van der Waals surface area contributed by atoms with Crippen molar-refractivity contribution in [3.63, 3.8) is 0 Å². The lowest BCUT2D eigenvalue weighted by atomic mass is 9.83. The summed E-state index contributed by atoms with van der Waals surface area (Å²) in [5, 5.41) is 3.04. The van der Waals surface area contributed by atoms with Gasteiger partial charge in [0.05, 0.1) is 13.1 Å². The Hall–Kier alpha value is -2.66. The summed E-state index contributed by atoms with van der Waals surface area (Å²) in [6.45, 7) is 10.9. The molecule has 154 valence electrons. The van der Waals surface area contributed by atoms with Gasteiger partial charge in [0, 0.05) is 11.8 Å². The fourth-order valence-corrected chi connectivity index (χ4v) is 4.24. The molecule has 5 nitrogen and oxygen atoms in total. The van der Waals surface area contributed by atoms with Crippen molar-refractivity contribution in [2.75, 3.05) is 19.8 Å². The number of carbonyl (C=O) groups is 2. The van der Waals surface area contributed by atoms with E-state index in [1.807, 2.05) is 60.7 Å². The minimum Gasteiger partial charge on any atom is -0.317 e. The molecule has 0 radical (unpaired) electrons. The molecule has 3 amide bonds. The molecule has 2 aromatic carbocycles. The normalized spacial score (nSPS) is 16.2. The van der Waals surface area contributed by atoms with Crippen molar-refractivity contribution in [1.82, 2.24) is 10.2 Å². The number of urea groups is 1. The highest BCUT2D eigenvalue weighted by atomic mass is 16.2. The molecule has 0 aliphatic carbocycles. The average Bonchev–Trinajstić information content (AvgIpc) is 2.94. The number of hydrogen-bond acceptors (Lipinski definition) is 2. The van der Waals surface area contributed by atoms with Gasteiger partial charge in [0.2, 0.25) is 0 Å². The van der Waals surface area contributed by atoms with E-state index in [2.05, 4.69) is 33.0 Å². The van der Waals surface area contributed by atoms with Gasteiger partial charge in [-0.3, -0.25) is 4.79 Å². The van der Waals surface area contributed by atoms with Crippen LogP contribution in [0.5, 0.6) is 0 Å². The summed E-state index contributed by atoms with van der Waals surface area (Å²) in [5.41, 5.74) is 0.378. The number of nitrogens with zero attached hydrogens (tertiary/aromatic N) is 1. The number of benzene rings is 2. The number of nitrogens with one attached hydrogen (secondary N) is 2. The average molecular weight is 395 g/mol. The van der Waals surface area contributed by atoms with Gasteiger partial charge in [-0.05, 0) is 11.1 Å². The monoisotopic (exact) mass is 394 g/mol. The Kier molecular flexibility index (Phi) is 6.38. The number of quaternary nitrogens is 1. The Morgan fingerprint density at radius 3 is 1.69 bits per heavy atom. The molecule has 2 aromatic rings. The third-order valence-corrected chi connectivity index (χ3v) is 5.29. The highest BCUT2D eigenvalue weighted by Gasteiger charge is 2.54. The fraction of sp³-hybridized carbons (Fsp3) is 0.417. The van der Waals surface area contributed by atoms with Gasteiger partial charge in [-0.1, -0.05) is 88.4 Å². The van der Waals surface area contributed by atoms with Crippen LogP contribution in [0.3, 0.4) is 0 Å². The van der Waals surface area contributed by atoms with Crippen LogP contribution in [-0.2, 0) is 10.3 Å². The molecular weight excluding hydrogens is 362 g/mol. The molecular formula is C24H32N3O2+. The number of amides is 3. The van der Waals surface area contributed by atoms with E-state index in [0.717, 1.165) is 24.2 Å². The van der Waals surface area contributed by atoms with E-state index < -0.39 is 5.54 Å². The summed E-state index contributed by atoms with van der Waals surface area (Å²) >= 11 is 0. The third kappa shape index (κ3) is 4.35. The second kappa shape index (κ2) is 8.78. The lowest BCUT2D eigenvalue weighted by Crippen LogP contribution is -3.14. The fourth-order valence-electron chi connectivity index (χ4n) is 4.24. The van der Waals surface area contributed by atoms with Gasteiger partial charge in [0.15, 0.2) is 12.2 Å². The van der Waals surface area contributed by atoms with Crippen LogP contribution in [0.4, 0.5) is 4.79 Å². The summed E-state index contributed by atoms with van der Waals surface area (Å²) in [6.07, 6.45) is 0. The first-order valence-electron chi connectivity index (χ1n) is 10.4. The molecule has 1 aliphatic rings. The minimum absolute atomic E-state index is 0.204. The first kappa shape index (κ1) is 21.1. The molecule has 0 aromatic heterocycles. The summed E-state index contributed by atoms with van der Waals surface area (Å²) in [4.78, 5) is 29.5. The number of imide groups is 1. The summed E-state index contributed by atoms with van der Waals surface area (Å²) in [5.74, 6) is 0.764. The molecule has 0 atom stereocenters. The van der Waals surface area contributed by atoms with Crippen LogP contribution in [-0.4, -0.2) is 36.6 Å². The lowest BCUT2D eigenvalue weighted by molar-refractivity contribution is -0.913. The zero-order valence-electron chi connectivity index (χ0n) is 17.8. The van der Waals surface area contributed by atoms with Gasteiger partial charge in [0.1, 0.15) is 0 Å². The third-order valence-electron chi connectivity index (χ3n) is 5.29. The van der Waals surface area contributed by atoms with Crippen molar-refractivity contribution in [3.05, 3.63) is 71.8 Å². The van der Waals surface area contributed by atoms with Gasteiger partial charge in [-0.25, -0.2) is 9.69 Å². The van der Waals surface area contributed by atoms with Gasteiger partial charge in [0.25, 0.3) is 5.91 Å². The predicted molar refractivity (Wildman–Crippen MR) is 114 cm³/mol. The van der Waals surface area contributed by atoms with Crippen molar-refractivity contribution in [2.45, 2.75) is 33.2 Å². The maximum absolute atomic E-state index is 13.8. The molecule has 1 fully saturated rings. The van der Waals surface area contributed by atoms with Crippen LogP contribution in [0.2, 0.25) is 0 Å². The Bertz CT molecular complexity index is 784. The van der Waals surface area contributed by atoms with Crippen LogP contribution >= 0.6 is 0 Å². The molecule has 0 unspecified atom stereocenters. The highest BCUT2D eigenvalue weighted by Crippen LogP contribution is 2.35. The van der Waals surface area contributed by atoms with Crippen molar-refractivity contribution in [2.24, 2.45) is 11.8 Å². The van der Waals surface area contributed by atoms with Crippen molar-refractivity contribution >= 4 is 11.9 Å². The topological polar surface area (TPSA) is 53.9 Å². The summed E-state index contributed by atoms with van der Waals surface area (Å²) in [7, 11) is 0. The molecule has 0 saturated carbocycles. The Morgan fingerprint density at radius 1 is 0.828 bits per heavy atom. The van der Waals surface area contributed by atoms with Crippen LogP contribution in [0, 0.1) is 11.8 Å². The molecule has 29 heavy (non-hydrogen) atoms. The molecule has 2 N–H and O–H groups in total. The lowest BCUT2D eigenvalue weighted by Gasteiger charge is -2.29. The van der Waals surface area contributed by atoms with E-state index in [-0.39, 0.29) is 11.9 Å². The van der Waals surface area contributed by atoms with Crippen molar-refractivity contribution in [3.8, 4) is 0 Å². The largest absolute Gasteiger partial charge is 0.330 e. The van der Waals surface area contributed by atoms with Crippen LogP contribution in [0.25, 0.3) is 0 Å². The van der Waals surface area contributed by atoms with E-state index in [1.165, 1.54) is 9.80 Å². The van der Waals surface area contributed by atoms with E-state index in [9.17, 15) is 9.59 Å². The standard InChI is InChI=1S/C24H31N3O2/c1-18(2)15-26(16-19(3)4)17-27-22(28)24(25-23(27)29,20-11-7-5-8-12-20)21-13-9-6-10-14-21/h5-14,18-19H,15-17H2,1-4H3,(H,25,29)/p+1. The van der Waals surface area contributed by atoms with E-state index in [0.29, 0.717) is 18.5 Å². The molecule has 3 rings (SSSR count). The molecule has 1 aliphatic heterocycles. The summed E-state index contributed by atoms with van der Waals surface area (Å²) < 4.78 is 0. The Labute approximate surface area is 173 Å². The number of hydrogen-bond donors (Lipinski definition) is 2. The van der Waals surface area contributed by atoms with E-state index >= 15 is 0 Å². The van der Waals surface area contributed by atoms with Gasteiger partial charge >= 0.3 is 6.03 Å². The van der Waals surface area contributed by atoms with Crippen LogP contribution in [0.1, 0.15) is 38.8 Å². The molecule has 1 saturated heterocycles. The van der Waals surface area contributed by atoms with Gasteiger partial charge in [-0.2, -0.15) is 0 Å². The predicted octanol–water partition coefficient (Wildman–Crippen LogP) is 2.64. The van der Waals surface area contributed by atoms with Crippen LogP contribution < -0.4 is 10.2 Å². The van der Waals surface area contributed by atoms with Gasteiger partial charge in [-0.15, -0.1) is 0 Å². The second-order valence-electron chi connectivity index (χ2n) is 8.75. The van der Waals surface area contributed by atoms with E-state index in [4.69, 9.17) is 0 Å². The Balaban J connectivity index is 1.99. The molecule has 0 spiro atoms.